The summed E-state index contributed by atoms with van der Waals surface area (Å²) in [5, 5.41) is 6.10. The highest BCUT2D eigenvalue weighted by Crippen LogP contribution is 2.33. The molecule has 0 aromatic heterocycles. The van der Waals surface area contributed by atoms with E-state index in [-0.39, 0.29) is 24.4 Å². The van der Waals surface area contributed by atoms with Crippen LogP contribution in [0.4, 0.5) is 8.78 Å². The molecule has 2 atom stereocenters. The lowest BCUT2D eigenvalue weighted by molar-refractivity contribution is -0.124. The van der Waals surface area contributed by atoms with E-state index in [2.05, 4.69) is 10.6 Å². The van der Waals surface area contributed by atoms with Crippen molar-refractivity contribution in [3.05, 3.63) is 34.3 Å². The summed E-state index contributed by atoms with van der Waals surface area (Å²) in [6.45, 7) is -0.429. The van der Waals surface area contributed by atoms with Crippen LogP contribution in [0.5, 0.6) is 0 Å². The van der Waals surface area contributed by atoms with E-state index < -0.39 is 24.9 Å². The Labute approximate surface area is 132 Å². The van der Waals surface area contributed by atoms with Crippen molar-refractivity contribution in [1.29, 1.82) is 0 Å². The molecule has 2 unspecified atom stereocenters. The van der Waals surface area contributed by atoms with Gasteiger partial charge < -0.3 is 5.32 Å². The van der Waals surface area contributed by atoms with Crippen molar-refractivity contribution >= 4 is 29.9 Å². The molecule has 0 radical (unpaired) electrons. The number of halogens is 4. The molecule has 1 aromatic rings. The lowest BCUT2D eigenvalue weighted by atomic mass is 10.1. The van der Waals surface area contributed by atoms with Gasteiger partial charge in [-0.1, -0.05) is 17.7 Å². The zero-order valence-electron chi connectivity index (χ0n) is 11.2. The third-order valence-corrected chi connectivity index (χ3v) is 4.16. The van der Waals surface area contributed by atoms with Crippen LogP contribution in [0.2, 0.25) is 5.02 Å². The molecule has 1 aromatic carbocycles. The summed E-state index contributed by atoms with van der Waals surface area (Å²) in [6.07, 6.45) is 1.19. The summed E-state index contributed by atoms with van der Waals surface area (Å²) in [4.78, 5) is 12.0. The molecular weight excluding hydrogens is 321 g/mol. The Morgan fingerprint density at radius 3 is 2.86 bits per heavy atom. The molecule has 1 fully saturated rings. The maximum atomic E-state index is 13.1. The summed E-state index contributed by atoms with van der Waals surface area (Å²) < 4.78 is 26.2. The fourth-order valence-corrected chi connectivity index (χ4v) is 3.10. The SMILES string of the molecule is Cl.O=C(NC1CCc2cc(Cl)ccc21)C1CC(F)(F)CN1. The monoisotopic (exact) mass is 336 g/mol. The van der Waals surface area contributed by atoms with E-state index in [1.165, 1.54) is 0 Å². The predicted octanol–water partition coefficient (Wildman–Crippen LogP) is 2.86. The van der Waals surface area contributed by atoms with E-state index >= 15 is 0 Å². The summed E-state index contributed by atoms with van der Waals surface area (Å²) in [5.74, 6) is -3.14. The first-order valence-corrected chi connectivity index (χ1v) is 7.02. The average Bonchev–Trinajstić information content (AvgIpc) is 2.93. The molecule has 1 aliphatic carbocycles. The van der Waals surface area contributed by atoms with Gasteiger partial charge in [0.05, 0.1) is 18.6 Å². The largest absolute Gasteiger partial charge is 0.348 e. The van der Waals surface area contributed by atoms with Crippen LogP contribution < -0.4 is 10.6 Å². The van der Waals surface area contributed by atoms with Gasteiger partial charge in [0.2, 0.25) is 5.91 Å². The molecule has 1 amide bonds. The van der Waals surface area contributed by atoms with Crippen molar-refractivity contribution in [3.63, 3.8) is 0 Å². The first-order chi connectivity index (χ1) is 9.44. The molecule has 2 aliphatic rings. The number of hydrogen-bond donors (Lipinski definition) is 2. The third kappa shape index (κ3) is 3.47. The fourth-order valence-electron chi connectivity index (χ4n) is 2.91. The number of rotatable bonds is 2. The molecule has 3 rings (SSSR count). The number of carbonyl (C=O) groups excluding carboxylic acids is 1. The van der Waals surface area contributed by atoms with Gasteiger partial charge in [0.1, 0.15) is 0 Å². The molecule has 0 bridgehead atoms. The van der Waals surface area contributed by atoms with E-state index in [1.807, 2.05) is 12.1 Å². The van der Waals surface area contributed by atoms with Crippen molar-refractivity contribution in [2.24, 2.45) is 0 Å². The zero-order chi connectivity index (χ0) is 14.3. The molecule has 1 heterocycles. The summed E-state index contributed by atoms with van der Waals surface area (Å²) >= 11 is 5.93. The number of hydrogen-bond acceptors (Lipinski definition) is 2. The van der Waals surface area contributed by atoms with Crippen molar-refractivity contribution in [3.8, 4) is 0 Å². The molecule has 116 valence electrons. The average molecular weight is 337 g/mol. The molecule has 0 saturated carbocycles. The van der Waals surface area contributed by atoms with E-state index in [0.29, 0.717) is 5.02 Å². The standard InChI is InChI=1S/C14H15ClF2N2O.ClH/c15-9-2-3-10-8(5-9)1-4-11(10)19-13(20)12-6-14(16,17)7-18-12;/h2-3,5,11-12,18H,1,4,6-7H2,(H,19,20);1H. The summed E-state index contributed by atoms with van der Waals surface area (Å²) in [5.41, 5.74) is 2.15. The lowest BCUT2D eigenvalue weighted by Crippen LogP contribution is -2.41. The topological polar surface area (TPSA) is 41.1 Å². The number of fused-ring (bicyclic) bond motifs is 1. The van der Waals surface area contributed by atoms with Crippen LogP contribution >= 0.6 is 24.0 Å². The molecule has 21 heavy (non-hydrogen) atoms. The summed E-state index contributed by atoms with van der Waals surface area (Å²) in [7, 11) is 0. The van der Waals surface area contributed by atoms with Gasteiger partial charge >= 0.3 is 0 Å². The van der Waals surface area contributed by atoms with Crippen LogP contribution in [-0.4, -0.2) is 24.4 Å². The summed E-state index contributed by atoms with van der Waals surface area (Å²) in [6, 6.07) is 4.66. The second kappa shape index (κ2) is 6.07. The number of aryl methyl sites for hydroxylation is 1. The number of benzene rings is 1. The van der Waals surface area contributed by atoms with E-state index in [9.17, 15) is 13.6 Å². The molecule has 0 spiro atoms. The van der Waals surface area contributed by atoms with Crippen LogP contribution in [0, 0.1) is 0 Å². The molecule has 3 nitrogen and oxygen atoms in total. The highest BCUT2D eigenvalue weighted by molar-refractivity contribution is 6.30. The van der Waals surface area contributed by atoms with Crippen LogP contribution in [0.1, 0.15) is 30.0 Å². The van der Waals surface area contributed by atoms with E-state index in [4.69, 9.17) is 11.6 Å². The minimum absolute atomic E-state index is 0. The van der Waals surface area contributed by atoms with Crippen LogP contribution in [0.3, 0.4) is 0 Å². The first-order valence-electron chi connectivity index (χ1n) is 6.64. The Balaban J connectivity index is 0.00000161. The first kappa shape index (κ1) is 16.5. The van der Waals surface area contributed by atoms with E-state index in [0.717, 1.165) is 24.0 Å². The number of carbonyl (C=O) groups is 1. The molecule has 1 saturated heterocycles. The van der Waals surface area contributed by atoms with Crippen molar-refractivity contribution in [1.82, 2.24) is 10.6 Å². The zero-order valence-corrected chi connectivity index (χ0v) is 12.7. The van der Waals surface area contributed by atoms with Gasteiger partial charge in [-0.15, -0.1) is 12.4 Å². The van der Waals surface area contributed by atoms with Gasteiger partial charge in [0.15, 0.2) is 0 Å². The van der Waals surface area contributed by atoms with Gasteiger partial charge in [-0.3, -0.25) is 10.1 Å². The second-order valence-corrected chi connectivity index (χ2v) is 5.87. The normalized spacial score (nSPS) is 26.0. The number of amides is 1. The van der Waals surface area contributed by atoms with Crippen molar-refractivity contribution < 1.29 is 13.6 Å². The van der Waals surface area contributed by atoms with Crippen molar-refractivity contribution in [2.45, 2.75) is 37.3 Å². The van der Waals surface area contributed by atoms with Gasteiger partial charge in [-0.05, 0) is 36.1 Å². The Kier molecular flexibility index (Phi) is 4.76. The molecule has 2 N–H and O–H groups in total. The maximum Gasteiger partial charge on any atom is 0.262 e. The predicted molar refractivity (Wildman–Crippen MR) is 79.3 cm³/mol. The van der Waals surface area contributed by atoms with Crippen LogP contribution in [0.25, 0.3) is 0 Å². The Hall–Kier alpha value is -0.910. The van der Waals surface area contributed by atoms with Gasteiger partial charge in [-0.2, -0.15) is 0 Å². The Morgan fingerprint density at radius 1 is 1.43 bits per heavy atom. The molecule has 7 heteroatoms. The van der Waals surface area contributed by atoms with Gasteiger partial charge in [0, 0.05) is 11.4 Å². The van der Waals surface area contributed by atoms with Crippen LogP contribution in [0.15, 0.2) is 18.2 Å². The van der Waals surface area contributed by atoms with E-state index in [1.54, 1.807) is 6.07 Å². The Morgan fingerprint density at radius 2 is 2.19 bits per heavy atom. The Bertz CT molecular complexity index is 554. The highest BCUT2D eigenvalue weighted by atomic mass is 35.5. The van der Waals surface area contributed by atoms with Crippen LogP contribution in [-0.2, 0) is 11.2 Å². The van der Waals surface area contributed by atoms with Gasteiger partial charge in [0.25, 0.3) is 5.92 Å². The number of alkyl halides is 2. The number of nitrogens with one attached hydrogen (secondary N) is 2. The lowest BCUT2D eigenvalue weighted by Gasteiger charge is -2.17. The third-order valence-electron chi connectivity index (χ3n) is 3.93. The second-order valence-electron chi connectivity index (χ2n) is 5.44. The van der Waals surface area contributed by atoms with Gasteiger partial charge in [-0.25, -0.2) is 8.78 Å². The fraction of sp³-hybridized carbons (Fsp3) is 0.500. The minimum Gasteiger partial charge on any atom is -0.348 e. The molecular formula is C14H16Cl2F2N2O. The highest BCUT2D eigenvalue weighted by Gasteiger charge is 2.42. The minimum atomic E-state index is -2.79. The quantitative estimate of drug-likeness (QED) is 0.871. The maximum absolute atomic E-state index is 13.1. The van der Waals surface area contributed by atoms with Crippen molar-refractivity contribution in [2.75, 3.05) is 6.54 Å². The smallest absolute Gasteiger partial charge is 0.262 e. The molecule has 1 aliphatic heterocycles.